The van der Waals surface area contributed by atoms with E-state index in [1.165, 1.54) is 5.56 Å². The molecule has 0 radical (unpaired) electrons. The molecule has 314 valence electrons. The van der Waals surface area contributed by atoms with E-state index < -0.39 is 11.6 Å². The number of rotatable bonds is 19. The third-order valence-corrected chi connectivity index (χ3v) is 11.6. The van der Waals surface area contributed by atoms with Crippen molar-refractivity contribution in [3.63, 3.8) is 0 Å². The molecule has 0 fully saturated rings. The highest BCUT2D eigenvalue weighted by Crippen LogP contribution is 2.34. The molecule has 1 N–H and O–H groups in total. The Bertz CT molecular complexity index is 2390. The number of aromatic nitrogens is 3. The molecular weight excluding hydrogens is 751 g/mol. The van der Waals surface area contributed by atoms with Gasteiger partial charge in [-0.1, -0.05) is 60.7 Å². The quantitative estimate of drug-likeness (QED) is 0.0807. The molecule has 1 amide bonds. The zero-order chi connectivity index (χ0) is 42.1. The molecule has 6 aromatic rings. The molecule has 2 aromatic heterocycles. The van der Waals surface area contributed by atoms with E-state index in [4.69, 9.17) is 24.2 Å². The van der Waals surface area contributed by atoms with Crippen LogP contribution in [0.25, 0.3) is 21.9 Å². The molecule has 1 aliphatic carbocycles. The Kier molecular flexibility index (Phi) is 13.8. The van der Waals surface area contributed by atoms with Crippen molar-refractivity contribution in [1.29, 1.82) is 0 Å². The van der Waals surface area contributed by atoms with Gasteiger partial charge < -0.3 is 29.0 Å². The fourth-order valence-electron chi connectivity index (χ4n) is 8.14. The largest absolute Gasteiger partial charge is 0.494 e. The highest BCUT2D eigenvalue weighted by atomic mass is 16.5. The first-order chi connectivity index (χ1) is 29.2. The van der Waals surface area contributed by atoms with Crippen LogP contribution >= 0.6 is 0 Å². The number of fused-ring (bicyclic) bond motifs is 3. The van der Waals surface area contributed by atoms with Gasteiger partial charge in [0.15, 0.2) is 0 Å². The minimum absolute atomic E-state index is 0.00721. The number of hydrogen-bond donors (Lipinski definition) is 1. The van der Waals surface area contributed by atoms with Crippen LogP contribution in [0.15, 0.2) is 97.1 Å². The number of benzene rings is 4. The third-order valence-electron chi connectivity index (χ3n) is 11.6. The topological polar surface area (TPSA) is 108 Å². The van der Waals surface area contributed by atoms with Crippen LogP contribution < -0.4 is 10.1 Å². The molecule has 0 bridgehead atoms. The number of anilines is 1. The summed E-state index contributed by atoms with van der Waals surface area (Å²) in [6.07, 6.45) is 5.77. The summed E-state index contributed by atoms with van der Waals surface area (Å²) in [4.78, 5) is 39.2. The lowest BCUT2D eigenvalue weighted by Crippen LogP contribution is -2.35. The van der Waals surface area contributed by atoms with E-state index in [1.54, 1.807) is 0 Å². The monoisotopic (exact) mass is 809 g/mol. The van der Waals surface area contributed by atoms with Gasteiger partial charge in [0.2, 0.25) is 0 Å². The molecule has 10 heteroatoms. The Balaban J connectivity index is 1.10. The maximum absolute atomic E-state index is 14.0. The molecule has 10 nitrogen and oxygen atoms in total. The molecule has 0 saturated heterocycles. The predicted octanol–water partition coefficient (Wildman–Crippen LogP) is 9.73. The first-order valence-electron chi connectivity index (χ1n) is 21.7. The molecule has 0 spiro atoms. The summed E-state index contributed by atoms with van der Waals surface area (Å²) >= 11 is 0. The van der Waals surface area contributed by atoms with Gasteiger partial charge in [0, 0.05) is 61.4 Å². The first-order valence-corrected chi connectivity index (χ1v) is 21.7. The van der Waals surface area contributed by atoms with Gasteiger partial charge in [-0.25, -0.2) is 9.78 Å². The lowest BCUT2D eigenvalue weighted by atomic mass is 9.92. The van der Waals surface area contributed by atoms with E-state index in [9.17, 15) is 9.59 Å². The lowest BCUT2D eigenvalue weighted by molar-refractivity contribution is -0.146. The number of esters is 1. The molecule has 1 unspecified atom stereocenters. The number of pyridine rings is 1. The van der Waals surface area contributed by atoms with E-state index >= 15 is 0 Å². The van der Waals surface area contributed by atoms with E-state index in [-0.39, 0.29) is 18.5 Å². The van der Waals surface area contributed by atoms with E-state index in [0.717, 1.165) is 81.7 Å². The van der Waals surface area contributed by atoms with Gasteiger partial charge in [-0.15, -0.1) is 0 Å². The van der Waals surface area contributed by atoms with Crippen LogP contribution in [0, 0.1) is 0 Å². The average Bonchev–Trinajstić information content (AvgIpc) is 3.61. The normalized spacial score (nSPS) is 13.2. The van der Waals surface area contributed by atoms with E-state index in [0.29, 0.717) is 57.7 Å². The molecular formula is C50H59N5O5. The lowest BCUT2D eigenvalue weighted by Gasteiger charge is -2.28. The Morgan fingerprint density at radius 3 is 2.37 bits per heavy atom. The van der Waals surface area contributed by atoms with Gasteiger partial charge in [-0.3, -0.25) is 9.78 Å². The van der Waals surface area contributed by atoms with Crippen LogP contribution in [-0.2, 0) is 46.7 Å². The molecule has 1 atom stereocenters. The summed E-state index contributed by atoms with van der Waals surface area (Å²) in [5, 5.41) is 4.69. The molecule has 2 heterocycles. The number of carbonyl (C=O) groups excluding carboxylic acids is 2. The number of aryl methyl sites for hydroxylation is 2. The number of imidazole rings is 1. The summed E-state index contributed by atoms with van der Waals surface area (Å²) in [5.74, 6) is 1.44. The smallest absolute Gasteiger partial charge is 0.328 e. The van der Waals surface area contributed by atoms with Gasteiger partial charge in [0.05, 0.1) is 28.8 Å². The molecule has 60 heavy (non-hydrogen) atoms. The van der Waals surface area contributed by atoms with Gasteiger partial charge in [-0.05, 0) is 120 Å². The fraction of sp³-hybridized carbons (Fsp3) is 0.400. The zero-order valence-corrected chi connectivity index (χ0v) is 35.8. The van der Waals surface area contributed by atoms with Crippen molar-refractivity contribution < 1.29 is 23.8 Å². The molecule has 1 aliphatic rings. The summed E-state index contributed by atoms with van der Waals surface area (Å²) in [5.41, 5.74) is 8.13. The molecule has 7 rings (SSSR count). The van der Waals surface area contributed by atoms with E-state index in [2.05, 4.69) is 41.9 Å². The number of nitrogens with one attached hydrogen (secondary N) is 1. The van der Waals surface area contributed by atoms with E-state index in [1.807, 2.05) is 105 Å². The zero-order valence-electron chi connectivity index (χ0n) is 35.8. The average molecular weight is 810 g/mol. The standard InChI is InChI=1S/C50H59N5O5/c1-6-54(7-2)48(56)37-24-27-45-44(33-37)52-46(32-35-22-25-38(26-23-35)58-8-3)55(45)30-29-50(4,5)60-31-28-43(49(57)59-34-36-16-10-9-11-17-36)53-47-39-18-12-14-20-41(39)51-42-21-15-13-19-40(42)47/h9-12,14,16-18,20,22-27,33,43H,6-8,13,15,19,21,28-32,34H2,1-5H3,(H,51,53). The van der Waals surface area contributed by atoms with Crippen LogP contribution in [0.4, 0.5) is 5.69 Å². The number of hydrogen-bond acceptors (Lipinski definition) is 8. The van der Waals surface area contributed by atoms with Crippen LogP contribution in [-0.4, -0.2) is 69.3 Å². The molecule has 0 aliphatic heterocycles. The van der Waals surface area contributed by atoms with Gasteiger partial charge in [0.25, 0.3) is 5.91 Å². The second-order valence-corrected chi connectivity index (χ2v) is 16.2. The van der Waals surface area contributed by atoms with Crippen molar-refractivity contribution in [2.45, 2.75) is 104 Å². The van der Waals surface area contributed by atoms with Crippen molar-refractivity contribution >= 4 is 39.5 Å². The van der Waals surface area contributed by atoms with Crippen LogP contribution in [0.2, 0.25) is 0 Å². The number of amides is 1. The number of ether oxygens (including phenoxy) is 3. The second-order valence-electron chi connectivity index (χ2n) is 16.2. The first kappa shape index (κ1) is 42.4. The maximum atomic E-state index is 14.0. The molecule has 4 aromatic carbocycles. The van der Waals surface area contributed by atoms with Crippen molar-refractivity contribution in [3.8, 4) is 5.75 Å². The minimum atomic E-state index is -0.632. The molecule has 0 saturated carbocycles. The highest BCUT2D eigenvalue weighted by Gasteiger charge is 2.28. The summed E-state index contributed by atoms with van der Waals surface area (Å²) in [6.45, 7) is 13.3. The number of para-hydroxylation sites is 1. The SMILES string of the molecule is CCOc1ccc(Cc2nc3cc(C(=O)N(CC)CC)ccc3n2CCC(C)(C)OCCC(Nc2c3c(nc4ccccc24)CCCC3)C(=O)OCc2ccccc2)cc1. The van der Waals surface area contributed by atoms with Gasteiger partial charge >= 0.3 is 5.97 Å². The summed E-state index contributed by atoms with van der Waals surface area (Å²) in [7, 11) is 0. The van der Waals surface area contributed by atoms with Crippen molar-refractivity contribution in [2.24, 2.45) is 0 Å². The Morgan fingerprint density at radius 1 is 0.850 bits per heavy atom. The maximum Gasteiger partial charge on any atom is 0.328 e. The number of carbonyl (C=O) groups is 2. The summed E-state index contributed by atoms with van der Waals surface area (Å²) in [6, 6.07) is 31.3. The van der Waals surface area contributed by atoms with Gasteiger partial charge in [-0.2, -0.15) is 0 Å². The van der Waals surface area contributed by atoms with Crippen LogP contribution in [0.3, 0.4) is 0 Å². The van der Waals surface area contributed by atoms with Crippen molar-refractivity contribution in [1.82, 2.24) is 19.4 Å². The highest BCUT2D eigenvalue weighted by molar-refractivity contribution is 5.98. The second kappa shape index (κ2) is 19.5. The van der Waals surface area contributed by atoms with Crippen LogP contribution in [0.5, 0.6) is 5.75 Å². The Labute approximate surface area is 354 Å². The Hall–Kier alpha value is -5.74. The van der Waals surface area contributed by atoms with Crippen molar-refractivity contribution in [2.75, 3.05) is 31.6 Å². The minimum Gasteiger partial charge on any atom is -0.494 e. The third kappa shape index (κ3) is 10.2. The fourth-order valence-corrected chi connectivity index (χ4v) is 8.14. The summed E-state index contributed by atoms with van der Waals surface area (Å²) < 4.78 is 20.6. The van der Waals surface area contributed by atoms with Crippen molar-refractivity contribution in [3.05, 3.63) is 131 Å². The van der Waals surface area contributed by atoms with Gasteiger partial charge in [0.1, 0.15) is 24.2 Å². The Morgan fingerprint density at radius 2 is 1.60 bits per heavy atom. The number of nitrogens with zero attached hydrogens (tertiary/aromatic N) is 4. The predicted molar refractivity (Wildman–Crippen MR) is 239 cm³/mol. The van der Waals surface area contributed by atoms with Crippen LogP contribution in [0.1, 0.15) is 98.9 Å².